The summed E-state index contributed by atoms with van der Waals surface area (Å²) in [4.78, 5) is 12.8. The number of nitrogens with one attached hydrogen (secondary N) is 2. The topological polar surface area (TPSA) is 84.5 Å². The maximum absolute atomic E-state index is 12.9. The molecule has 0 aliphatic carbocycles. The van der Waals surface area contributed by atoms with Crippen molar-refractivity contribution in [2.45, 2.75) is 16.0 Å². The molecule has 0 unspecified atom stereocenters. The standard InChI is InChI=1S/C22H18ClF3N2O4S2/c1-33-20-8-3-2-7-18(20)27-21(29)13-32-19-10-9-16(12-17(19)23)34(30,31)28-15-6-4-5-14(11-15)22(24,25)26/h2-12,28H,13H2,1H3,(H,27,29). The van der Waals surface area contributed by atoms with E-state index in [1.807, 2.05) is 18.4 Å². The van der Waals surface area contributed by atoms with Gasteiger partial charge in [0.15, 0.2) is 6.61 Å². The molecule has 34 heavy (non-hydrogen) atoms. The quantitative estimate of drug-likeness (QED) is 0.354. The molecule has 2 N–H and O–H groups in total. The molecule has 6 nitrogen and oxygen atoms in total. The van der Waals surface area contributed by atoms with E-state index in [0.717, 1.165) is 29.2 Å². The second-order valence-electron chi connectivity index (χ2n) is 6.81. The minimum atomic E-state index is -4.62. The lowest BCUT2D eigenvalue weighted by Gasteiger charge is -2.13. The van der Waals surface area contributed by atoms with E-state index >= 15 is 0 Å². The first kappa shape index (κ1) is 25.7. The molecule has 0 aliphatic heterocycles. The Morgan fingerprint density at radius 2 is 1.79 bits per heavy atom. The highest BCUT2D eigenvalue weighted by Gasteiger charge is 2.30. The molecule has 180 valence electrons. The Bertz CT molecular complexity index is 1300. The van der Waals surface area contributed by atoms with E-state index in [9.17, 15) is 26.4 Å². The minimum Gasteiger partial charge on any atom is -0.482 e. The molecular weight excluding hydrogens is 513 g/mol. The summed E-state index contributed by atoms with van der Waals surface area (Å²) in [5, 5.41) is 2.62. The first-order chi connectivity index (χ1) is 16.0. The average Bonchev–Trinajstić information content (AvgIpc) is 2.78. The van der Waals surface area contributed by atoms with E-state index in [-0.39, 0.29) is 28.0 Å². The van der Waals surface area contributed by atoms with Crippen LogP contribution in [0.1, 0.15) is 5.56 Å². The Balaban J connectivity index is 1.68. The van der Waals surface area contributed by atoms with Crippen LogP contribution in [-0.2, 0) is 21.0 Å². The minimum absolute atomic E-state index is 0.0630. The van der Waals surface area contributed by atoms with Crippen LogP contribution in [0.15, 0.2) is 76.5 Å². The lowest BCUT2D eigenvalue weighted by Crippen LogP contribution is -2.20. The van der Waals surface area contributed by atoms with Crippen molar-refractivity contribution in [3.63, 3.8) is 0 Å². The van der Waals surface area contributed by atoms with Crippen LogP contribution in [0.25, 0.3) is 0 Å². The number of amides is 1. The molecule has 0 aliphatic rings. The van der Waals surface area contributed by atoms with Crippen molar-refractivity contribution in [2.75, 3.05) is 22.9 Å². The van der Waals surface area contributed by atoms with Crippen LogP contribution in [-0.4, -0.2) is 27.2 Å². The van der Waals surface area contributed by atoms with Gasteiger partial charge < -0.3 is 10.1 Å². The maximum atomic E-state index is 12.9. The highest BCUT2D eigenvalue weighted by molar-refractivity contribution is 7.98. The Hall–Kier alpha value is -2.89. The molecule has 0 saturated heterocycles. The molecule has 0 atom stereocenters. The summed E-state index contributed by atoms with van der Waals surface area (Å²) in [6.07, 6.45) is -2.74. The molecule has 0 spiro atoms. The second-order valence-corrected chi connectivity index (χ2v) is 9.75. The van der Waals surface area contributed by atoms with Crippen LogP contribution >= 0.6 is 23.4 Å². The van der Waals surface area contributed by atoms with Crippen LogP contribution in [0.4, 0.5) is 24.5 Å². The number of sulfonamides is 1. The SMILES string of the molecule is CSc1ccccc1NC(=O)COc1ccc(S(=O)(=O)Nc2cccc(C(F)(F)F)c2)cc1Cl. The summed E-state index contributed by atoms with van der Waals surface area (Å²) in [5.41, 5.74) is -0.627. The van der Waals surface area contributed by atoms with Crippen molar-refractivity contribution in [2.24, 2.45) is 0 Å². The van der Waals surface area contributed by atoms with Crippen molar-refractivity contribution >= 4 is 50.7 Å². The van der Waals surface area contributed by atoms with E-state index < -0.39 is 27.7 Å². The van der Waals surface area contributed by atoms with E-state index in [1.54, 1.807) is 12.1 Å². The molecule has 0 heterocycles. The Morgan fingerprint density at radius 3 is 2.47 bits per heavy atom. The van der Waals surface area contributed by atoms with Gasteiger partial charge in [-0.25, -0.2) is 8.42 Å². The predicted molar refractivity (Wildman–Crippen MR) is 126 cm³/mol. The fourth-order valence-corrected chi connectivity index (χ4v) is 4.75. The van der Waals surface area contributed by atoms with Gasteiger partial charge in [-0.2, -0.15) is 13.2 Å². The molecule has 3 aromatic rings. The molecule has 0 saturated carbocycles. The first-order valence-corrected chi connectivity index (χ1v) is 12.6. The van der Waals surface area contributed by atoms with Crippen LogP contribution in [0, 0.1) is 0 Å². The zero-order chi connectivity index (χ0) is 24.9. The Labute approximate surface area is 203 Å². The second kappa shape index (κ2) is 10.6. The average molecular weight is 531 g/mol. The van der Waals surface area contributed by atoms with Gasteiger partial charge in [0.25, 0.3) is 15.9 Å². The molecule has 0 fully saturated rings. The molecule has 1 amide bonds. The van der Waals surface area contributed by atoms with Crippen molar-refractivity contribution in [1.82, 2.24) is 0 Å². The highest BCUT2D eigenvalue weighted by atomic mass is 35.5. The predicted octanol–water partition coefficient (Wildman–Crippen LogP) is 5.90. The summed E-state index contributed by atoms with van der Waals surface area (Å²) < 4.78 is 71.3. The fourth-order valence-electron chi connectivity index (χ4n) is 2.82. The zero-order valence-corrected chi connectivity index (χ0v) is 19.9. The van der Waals surface area contributed by atoms with Crippen LogP contribution < -0.4 is 14.8 Å². The number of rotatable bonds is 8. The zero-order valence-electron chi connectivity index (χ0n) is 17.5. The van der Waals surface area contributed by atoms with Gasteiger partial charge in [0.2, 0.25) is 0 Å². The summed E-state index contributed by atoms with van der Waals surface area (Å²) in [5.74, 6) is -0.381. The molecule has 3 aromatic carbocycles. The molecule has 3 rings (SSSR count). The van der Waals surface area contributed by atoms with Crippen molar-refractivity contribution in [1.29, 1.82) is 0 Å². The van der Waals surface area contributed by atoms with Gasteiger partial charge in [-0.3, -0.25) is 9.52 Å². The monoisotopic (exact) mass is 530 g/mol. The molecular formula is C22H18ClF3N2O4S2. The van der Waals surface area contributed by atoms with Gasteiger partial charge in [-0.15, -0.1) is 11.8 Å². The van der Waals surface area contributed by atoms with Crippen LogP contribution in [0.5, 0.6) is 5.75 Å². The van der Waals surface area contributed by atoms with E-state index in [4.69, 9.17) is 16.3 Å². The van der Waals surface area contributed by atoms with Gasteiger partial charge >= 0.3 is 6.18 Å². The summed E-state index contributed by atoms with van der Waals surface area (Å²) in [6, 6.07) is 14.5. The van der Waals surface area contributed by atoms with Crippen molar-refractivity contribution < 1.29 is 31.1 Å². The van der Waals surface area contributed by atoms with E-state index in [1.165, 1.54) is 23.9 Å². The highest BCUT2D eigenvalue weighted by Crippen LogP contribution is 2.32. The summed E-state index contributed by atoms with van der Waals surface area (Å²) >= 11 is 7.58. The number of thioether (sulfide) groups is 1. The van der Waals surface area contributed by atoms with Crippen LogP contribution in [0.3, 0.4) is 0 Å². The van der Waals surface area contributed by atoms with E-state index in [2.05, 4.69) is 10.0 Å². The third-order valence-corrected chi connectivity index (χ3v) is 6.87. The van der Waals surface area contributed by atoms with Crippen molar-refractivity contribution in [3.05, 3.63) is 77.3 Å². The van der Waals surface area contributed by atoms with Gasteiger partial charge in [-0.1, -0.05) is 29.8 Å². The summed E-state index contributed by atoms with van der Waals surface area (Å²) in [7, 11) is -4.23. The molecule has 0 radical (unpaired) electrons. The number of ether oxygens (including phenoxy) is 1. The molecule has 12 heteroatoms. The number of para-hydroxylation sites is 1. The Kier molecular flexibility index (Phi) is 8.01. The largest absolute Gasteiger partial charge is 0.482 e. The Morgan fingerprint density at radius 1 is 1.06 bits per heavy atom. The summed E-state index contributed by atoms with van der Waals surface area (Å²) in [6.45, 7) is -0.378. The van der Waals surface area contributed by atoms with Gasteiger partial charge in [0.05, 0.1) is 21.2 Å². The van der Waals surface area contributed by atoms with Crippen molar-refractivity contribution in [3.8, 4) is 5.75 Å². The van der Waals surface area contributed by atoms with Gasteiger partial charge in [0, 0.05) is 10.6 Å². The third-order valence-electron chi connectivity index (χ3n) is 4.40. The third kappa shape index (κ3) is 6.58. The fraction of sp³-hybridized carbons (Fsp3) is 0.136. The normalized spacial score (nSPS) is 11.7. The number of halogens is 4. The van der Waals surface area contributed by atoms with Gasteiger partial charge in [0.1, 0.15) is 5.75 Å². The first-order valence-electron chi connectivity index (χ1n) is 9.55. The lowest BCUT2D eigenvalue weighted by atomic mass is 10.2. The number of hydrogen-bond acceptors (Lipinski definition) is 5. The number of benzene rings is 3. The lowest BCUT2D eigenvalue weighted by molar-refractivity contribution is -0.137. The number of alkyl halides is 3. The number of carbonyl (C=O) groups excluding carboxylic acids is 1. The molecule has 0 bridgehead atoms. The maximum Gasteiger partial charge on any atom is 0.416 e. The number of anilines is 2. The van der Waals surface area contributed by atoms with E-state index in [0.29, 0.717) is 11.8 Å². The smallest absolute Gasteiger partial charge is 0.416 e. The van der Waals surface area contributed by atoms with Gasteiger partial charge in [-0.05, 0) is 54.8 Å². The number of carbonyl (C=O) groups is 1. The number of hydrogen-bond donors (Lipinski definition) is 2. The molecule has 0 aromatic heterocycles. The van der Waals surface area contributed by atoms with Crippen LogP contribution in [0.2, 0.25) is 5.02 Å².